The van der Waals surface area contributed by atoms with Crippen LogP contribution in [-0.4, -0.2) is 39.2 Å². The van der Waals surface area contributed by atoms with Gasteiger partial charge >= 0.3 is 0 Å². The van der Waals surface area contributed by atoms with E-state index in [1.165, 1.54) is 0 Å². The zero-order valence-corrected chi connectivity index (χ0v) is 15.3. The van der Waals surface area contributed by atoms with Crippen molar-refractivity contribution in [3.63, 3.8) is 0 Å². The summed E-state index contributed by atoms with van der Waals surface area (Å²) in [7, 11) is 0. The molecule has 2 amide bonds. The topological polar surface area (TPSA) is 66.7 Å². The van der Waals surface area contributed by atoms with Gasteiger partial charge < -0.3 is 10.2 Å². The lowest BCUT2D eigenvalue weighted by atomic mass is 10.3. The quantitative estimate of drug-likeness (QED) is 0.744. The molecule has 3 rings (SSSR count). The molecular weight excluding hydrogens is 352 g/mol. The van der Waals surface area contributed by atoms with E-state index in [-0.39, 0.29) is 23.3 Å². The highest BCUT2D eigenvalue weighted by Crippen LogP contribution is 2.18. The molecule has 6 nitrogen and oxygen atoms in total. The van der Waals surface area contributed by atoms with Crippen LogP contribution in [0.3, 0.4) is 0 Å². The highest BCUT2D eigenvalue weighted by atomic mass is 35.5. The number of hydrogen-bond acceptors (Lipinski definition) is 3. The molecule has 0 unspecified atom stereocenters. The Kier molecular flexibility index (Phi) is 5.23. The van der Waals surface area contributed by atoms with E-state index in [0.717, 1.165) is 0 Å². The Morgan fingerprint density at radius 3 is 2.46 bits per heavy atom. The number of fused-ring (bicyclic) bond motifs is 1. The number of nitrogens with zero attached hydrogens (tertiary/aromatic N) is 3. The third-order valence-electron chi connectivity index (χ3n) is 4.11. The Balaban J connectivity index is 1.99. The summed E-state index contributed by atoms with van der Waals surface area (Å²) in [5, 5.41) is 3.37. The van der Waals surface area contributed by atoms with Gasteiger partial charge in [0.1, 0.15) is 0 Å². The van der Waals surface area contributed by atoms with E-state index in [4.69, 9.17) is 11.6 Å². The standard InChI is InChI=1S/C19H19ClN4O2/c1-3-23(4-2)19(26)17-22-16(15-7-5-6-12-24(15)17)18(25)21-14-10-8-13(20)9-11-14/h5-12H,3-4H2,1-2H3,(H,21,25). The maximum atomic E-state index is 12.7. The fraction of sp³-hybridized carbons (Fsp3) is 0.211. The third-order valence-corrected chi connectivity index (χ3v) is 4.36. The first-order valence-electron chi connectivity index (χ1n) is 8.38. The molecule has 0 aliphatic rings. The summed E-state index contributed by atoms with van der Waals surface area (Å²) in [6.45, 7) is 4.96. The van der Waals surface area contributed by atoms with Crippen LogP contribution in [0.4, 0.5) is 5.69 Å². The van der Waals surface area contributed by atoms with E-state index in [0.29, 0.717) is 29.3 Å². The first-order valence-corrected chi connectivity index (χ1v) is 8.76. The first kappa shape index (κ1) is 17.9. The van der Waals surface area contributed by atoms with Gasteiger partial charge in [0.25, 0.3) is 11.8 Å². The largest absolute Gasteiger partial charge is 0.337 e. The number of benzene rings is 1. The Labute approximate surface area is 156 Å². The molecule has 134 valence electrons. The number of carbonyl (C=O) groups is 2. The first-order chi connectivity index (χ1) is 12.5. The predicted molar refractivity (Wildman–Crippen MR) is 102 cm³/mol. The van der Waals surface area contributed by atoms with E-state index in [9.17, 15) is 9.59 Å². The fourth-order valence-corrected chi connectivity index (χ4v) is 2.86. The van der Waals surface area contributed by atoms with Crippen LogP contribution in [-0.2, 0) is 0 Å². The number of aromatic nitrogens is 2. The molecule has 0 spiro atoms. The molecule has 1 aromatic carbocycles. The number of amides is 2. The smallest absolute Gasteiger partial charge is 0.290 e. The SMILES string of the molecule is CCN(CC)C(=O)c1nc(C(=O)Nc2ccc(Cl)cc2)c2ccccn12. The number of carbonyl (C=O) groups excluding carboxylic acids is 2. The molecular formula is C19H19ClN4O2. The van der Waals surface area contributed by atoms with Crippen molar-refractivity contribution in [2.75, 3.05) is 18.4 Å². The van der Waals surface area contributed by atoms with Crippen LogP contribution in [0.25, 0.3) is 5.52 Å². The molecule has 0 saturated carbocycles. The zero-order chi connectivity index (χ0) is 18.7. The van der Waals surface area contributed by atoms with Gasteiger partial charge in [-0.1, -0.05) is 17.7 Å². The van der Waals surface area contributed by atoms with Gasteiger partial charge in [0.15, 0.2) is 5.69 Å². The lowest BCUT2D eigenvalue weighted by molar-refractivity contribution is 0.0760. The lowest BCUT2D eigenvalue weighted by Gasteiger charge is -2.17. The Hall–Kier alpha value is -2.86. The molecule has 0 fully saturated rings. The van der Waals surface area contributed by atoms with Crippen molar-refractivity contribution in [1.82, 2.24) is 14.3 Å². The molecule has 2 aromatic heterocycles. The number of hydrogen-bond donors (Lipinski definition) is 1. The second kappa shape index (κ2) is 7.58. The summed E-state index contributed by atoms with van der Waals surface area (Å²) in [5.74, 6) is -0.359. The number of halogens is 1. The van der Waals surface area contributed by atoms with Crippen LogP contribution >= 0.6 is 11.6 Å². The molecule has 0 aliphatic heterocycles. The number of pyridine rings is 1. The molecule has 7 heteroatoms. The van der Waals surface area contributed by atoms with Crippen LogP contribution in [0, 0.1) is 0 Å². The van der Waals surface area contributed by atoms with E-state index < -0.39 is 0 Å². The average Bonchev–Trinajstić information content (AvgIpc) is 3.04. The van der Waals surface area contributed by atoms with Gasteiger partial charge in [-0.25, -0.2) is 4.98 Å². The van der Waals surface area contributed by atoms with Gasteiger partial charge in [-0.15, -0.1) is 0 Å². The molecule has 3 aromatic rings. The van der Waals surface area contributed by atoms with Crippen LogP contribution in [0.5, 0.6) is 0 Å². The Morgan fingerprint density at radius 2 is 1.81 bits per heavy atom. The summed E-state index contributed by atoms with van der Waals surface area (Å²) in [6.07, 6.45) is 1.73. The number of anilines is 1. The van der Waals surface area contributed by atoms with Crippen molar-refractivity contribution in [2.24, 2.45) is 0 Å². The number of imidazole rings is 1. The molecule has 0 atom stereocenters. The summed E-state index contributed by atoms with van der Waals surface area (Å²) in [5.41, 5.74) is 1.39. The van der Waals surface area contributed by atoms with E-state index >= 15 is 0 Å². The van der Waals surface area contributed by atoms with Gasteiger partial charge in [0, 0.05) is 30.0 Å². The average molecular weight is 371 g/mol. The molecule has 0 bridgehead atoms. The minimum absolute atomic E-state index is 0.205. The van der Waals surface area contributed by atoms with Gasteiger partial charge in [-0.3, -0.25) is 14.0 Å². The van der Waals surface area contributed by atoms with Gasteiger partial charge in [-0.2, -0.15) is 0 Å². The van der Waals surface area contributed by atoms with Gasteiger partial charge in [-0.05, 0) is 50.2 Å². The summed E-state index contributed by atoms with van der Waals surface area (Å²) in [6, 6.07) is 12.2. The maximum absolute atomic E-state index is 12.7. The molecule has 0 aliphatic carbocycles. The van der Waals surface area contributed by atoms with Crippen molar-refractivity contribution in [3.8, 4) is 0 Å². The molecule has 0 saturated heterocycles. The van der Waals surface area contributed by atoms with Crippen LogP contribution < -0.4 is 5.32 Å². The summed E-state index contributed by atoms with van der Waals surface area (Å²) >= 11 is 5.87. The van der Waals surface area contributed by atoms with E-state index in [1.807, 2.05) is 19.9 Å². The Bertz CT molecular complexity index is 946. The lowest BCUT2D eigenvalue weighted by Crippen LogP contribution is -2.32. The number of nitrogens with one attached hydrogen (secondary N) is 1. The molecule has 1 N–H and O–H groups in total. The Morgan fingerprint density at radius 1 is 1.12 bits per heavy atom. The van der Waals surface area contributed by atoms with Crippen molar-refractivity contribution in [3.05, 3.63) is 65.2 Å². The zero-order valence-electron chi connectivity index (χ0n) is 14.6. The second-order valence-electron chi connectivity index (χ2n) is 5.68. The third kappa shape index (κ3) is 3.41. The minimum atomic E-state index is -0.380. The van der Waals surface area contributed by atoms with Gasteiger partial charge in [0.2, 0.25) is 5.82 Å². The highest BCUT2D eigenvalue weighted by molar-refractivity contribution is 6.30. The molecule has 0 radical (unpaired) electrons. The summed E-state index contributed by atoms with van der Waals surface area (Å²) in [4.78, 5) is 31.5. The van der Waals surface area contributed by atoms with Crippen LogP contribution in [0.1, 0.15) is 35.0 Å². The molecule has 2 heterocycles. The van der Waals surface area contributed by atoms with E-state index in [1.54, 1.807) is 51.9 Å². The van der Waals surface area contributed by atoms with Crippen molar-refractivity contribution in [2.45, 2.75) is 13.8 Å². The molecule has 26 heavy (non-hydrogen) atoms. The van der Waals surface area contributed by atoms with E-state index in [2.05, 4.69) is 10.3 Å². The highest BCUT2D eigenvalue weighted by Gasteiger charge is 2.24. The second-order valence-corrected chi connectivity index (χ2v) is 6.11. The van der Waals surface area contributed by atoms with Crippen molar-refractivity contribution in [1.29, 1.82) is 0 Å². The van der Waals surface area contributed by atoms with Gasteiger partial charge in [0.05, 0.1) is 5.52 Å². The summed E-state index contributed by atoms with van der Waals surface area (Å²) < 4.78 is 1.65. The normalized spacial score (nSPS) is 10.7. The fourth-order valence-electron chi connectivity index (χ4n) is 2.73. The van der Waals surface area contributed by atoms with Crippen molar-refractivity contribution < 1.29 is 9.59 Å². The number of rotatable bonds is 5. The van der Waals surface area contributed by atoms with Crippen molar-refractivity contribution >= 4 is 34.6 Å². The monoisotopic (exact) mass is 370 g/mol. The minimum Gasteiger partial charge on any atom is -0.337 e. The maximum Gasteiger partial charge on any atom is 0.290 e. The van der Waals surface area contributed by atoms with Crippen LogP contribution in [0.15, 0.2) is 48.7 Å². The van der Waals surface area contributed by atoms with Crippen LogP contribution in [0.2, 0.25) is 5.02 Å². The predicted octanol–water partition coefficient (Wildman–Crippen LogP) is 3.72.